The highest BCUT2D eigenvalue weighted by Crippen LogP contribution is 2.20. The average molecular weight is 296 g/mol. The highest BCUT2D eigenvalue weighted by Gasteiger charge is 2.13. The van der Waals surface area contributed by atoms with Gasteiger partial charge in [0, 0.05) is 17.6 Å². The first kappa shape index (κ1) is 14.5. The van der Waals surface area contributed by atoms with Gasteiger partial charge in [-0.1, -0.05) is 11.6 Å². The summed E-state index contributed by atoms with van der Waals surface area (Å²) in [6.07, 6.45) is 2.03. The largest absolute Gasteiger partial charge is 0.324 e. The molecule has 1 amide bonds. The van der Waals surface area contributed by atoms with E-state index in [-0.39, 0.29) is 24.1 Å². The zero-order valence-corrected chi connectivity index (χ0v) is 12.0. The molecule has 0 saturated carbocycles. The normalized spacial score (nSPS) is 12.2. The standard InChI is InChI=1S/C14H15ClFN3O/c1-9-5-6-19(18-9)10(2)7-14(20)17-13-4-3-11(15)8-12(13)16/h3-6,8,10H,7H2,1-2H3,(H,17,20)/t10-/m0/s1. The molecule has 1 aromatic heterocycles. The molecule has 1 heterocycles. The van der Waals surface area contributed by atoms with Crippen LogP contribution in [0, 0.1) is 12.7 Å². The van der Waals surface area contributed by atoms with Crippen molar-refractivity contribution in [2.24, 2.45) is 0 Å². The van der Waals surface area contributed by atoms with E-state index in [1.54, 1.807) is 4.68 Å². The van der Waals surface area contributed by atoms with Crippen LogP contribution in [0.2, 0.25) is 5.02 Å². The van der Waals surface area contributed by atoms with Gasteiger partial charge in [0.25, 0.3) is 0 Å². The molecular formula is C14H15ClFN3O. The quantitative estimate of drug-likeness (QED) is 0.937. The molecular weight excluding hydrogens is 281 g/mol. The van der Waals surface area contributed by atoms with Crippen LogP contribution in [0.25, 0.3) is 0 Å². The number of anilines is 1. The van der Waals surface area contributed by atoms with Gasteiger partial charge in [0.15, 0.2) is 0 Å². The van der Waals surface area contributed by atoms with Crippen LogP contribution in [0.5, 0.6) is 0 Å². The van der Waals surface area contributed by atoms with Gasteiger partial charge in [0.2, 0.25) is 5.91 Å². The number of halogens is 2. The molecule has 0 bridgehead atoms. The van der Waals surface area contributed by atoms with Gasteiger partial charge in [-0.15, -0.1) is 0 Å². The van der Waals surface area contributed by atoms with E-state index in [0.29, 0.717) is 5.02 Å². The lowest BCUT2D eigenvalue weighted by atomic mass is 10.2. The molecule has 0 aliphatic rings. The Kier molecular flexibility index (Phi) is 4.39. The molecule has 20 heavy (non-hydrogen) atoms. The molecule has 0 aliphatic heterocycles. The van der Waals surface area contributed by atoms with E-state index < -0.39 is 5.82 Å². The maximum absolute atomic E-state index is 13.6. The second-order valence-electron chi connectivity index (χ2n) is 4.66. The summed E-state index contributed by atoms with van der Waals surface area (Å²) in [4.78, 5) is 11.9. The minimum Gasteiger partial charge on any atom is -0.324 e. The molecule has 2 aromatic rings. The molecule has 0 radical (unpaired) electrons. The van der Waals surface area contributed by atoms with Crippen LogP contribution in [0.3, 0.4) is 0 Å². The third-order valence-corrected chi connectivity index (χ3v) is 3.11. The minimum absolute atomic E-state index is 0.0981. The first-order valence-corrected chi connectivity index (χ1v) is 6.60. The van der Waals surface area contributed by atoms with E-state index in [1.165, 1.54) is 12.1 Å². The number of carbonyl (C=O) groups is 1. The first-order chi connectivity index (χ1) is 9.45. The Hall–Kier alpha value is -1.88. The average Bonchev–Trinajstić information content (AvgIpc) is 2.79. The number of aromatic nitrogens is 2. The van der Waals surface area contributed by atoms with Gasteiger partial charge in [-0.3, -0.25) is 9.48 Å². The molecule has 1 aromatic carbocycles. The fourth-order valence-corrected chi connectivity index (χ4v) is 1.99. The van der Waals surface area contributed by atoms with Crippen LogP contribution in [-0.4, -0.2) is 15.7 Å². The van der Waals surface area contributed by atoms with Gasteiger partial charge in [-0.05, 0) is 38.1 Å². The Balaban J connectivity index is 1.98. The van der Waals surface area contributed by atoms with Gasteiger partial charge in [-0.2, -0.15) is 5.10 Å². The van der Waals surface area contributed by atoms with Crippen LogP contribution in [0.15, 0.2) is 30.5 Å². The maximum Gasteiger partial charge on any atom is 0.226 e. The lowest BCUT2D eigenvalue weighted by molar-refractivity contribution is -0.116. The number of nitrogens with one attached hydrogen (secondary N) is 1. The number of benzene rings is 1. The number of hydrogen-bond acceptors (Lipinski definition) is 2. The molecule has 0 saturated heterocycles. The lowest BCUT2D eigenvalue weighted by Crippen LogP contribution is -2.18. The predicted molar refractivity (Wildman–Crippen MR) is 76.3 cm³/mol. The molecule has 106 valence electrons. The maximum atomic E-state index is 13.6. The Morgan fingerprint density at radius 1 is 1.50 bits per heavy atom. The van der Waals surface area contributed by atoms with E-state index in [9.17, 15) is 9.18 Å². The van der Waals surface area contributed by atoms with E-state index in [1.807, 2.05) is 26.1 Å². The van der Waals surface area contributed by atoms with Gasteiger partial charge < -0.3 is 5.32 Å². The molecule has 0 aliphatic carbocycles. The highest BCUT2D eigenvalue weighted by molar-refractivity contribution is 6.30. The van der Waals surface area contributed by atoms with E-state index in [2.05, 4.69) is 10.4 Å². The molecule has 6 heteroatoms. The van der Waals surface area contributed by atoms with Crippen LogP contribution in [-0.2, 0) is 4.79 Å². The first-order valence-electron chi connectivity index (χ1n) is 6.22. The summed E-state index contributed by atoms with van der Waals surface area (Å²) in [7, 11) is 0. The van der Waals surface area contributed by atoms with Crippen molar-refractivity contribution in [1.82, 2.24) is 9.78 Å². The van der Waals surface area contributed by atoms with Crippen LogP contribution < -0.4 is 5.32 Å². The Morgan fingerprint density at radius 3 is 2.85 bits per heavy atom. The fraction of sp³-hybridized carbons (Fsp3) is 0.286. The monoisotopic (exact) mass is 295 g/mol. The van der Waals surface area contributed by atoms with Gasteiger partial charge >= 0.3 is 0 Å². The smallest absolute Gasteiger partial charge is 0.226 e. The summed E-state index contributed by atoms with van der Waals surface area (Å²) in [5, 5.41) is 7.07. The number of hydrogen-bond donors (Lipinski definition) is 1. The number of nitrogens with zero attached hydrogens (tertiary/aromatic N) is 2. The Labute approximate surface area is 121 Å². The van der Waals surface area contributed by atoms with Crippen LogP contribution >= 0.6 is 11.6 Å². The lowest BCUT2D eigenvalue weighted by Gasteiger charge is -2.12. The summed E-state index contributed by atoms with van der Waals surface area (Å²) in [6.45, 7) is 3.76. The van der Waals surface area contributed by atoms with Gasteiger partial charge in [0.05, 0.1) is 17.4 Å². The molecule has 0 unspecified atom stereocenters. The van der Waals surface area contributed by atoms with Crippen molar-refractivity contribution in [3.63, 3.8) is 0 Å². The topological polar surface area (TPSA) is 46.9 Å². The highest BCUT2D eigenvalue weighted by atomic mass is 35.5. The van der Waals surface area contributed by atoms with Crippen LogP contribution in [0.1, 0.15) is 25.1 Å². The van der Waals surface area contributed by atoms with E-state index in [0.717, 1.165) is 11.8 Å². The number of amides is 1. The van der Waals surface area contributed by atoms with Crippen molar-refractivity contribution < 1.29 is 9.18 Å². The van der Waals surface area contributed by atoms with Crippen molar-refractivity contribution in [3.05, 3.63) is 47.0 Å². The molecule has 4 nitrogen and oxygen atoms in total. The number of aryl methyl sites for hydroxylation is 1. The SMILES string of the molecule is Cc1ccn([C@@H](C)CC(=O)Nc2ccc(Cl)cc2F)n1. The summed E-state index contributed by atoms with van der Waals surface area (Å²) >= 11 is 5.66. The number of carbonyl (C=O) groups excluding carboxylic acids is 1. The molecule has 0 spiro atoms. The Morgan fingerprint density at radius 2 is 2.25 bits per heavy atom. The van der Waals surface area contributed by atoms with Crippen molar-refractivity contribution in [2.45, 2.75) is 26.3 Å². The second kappa shape index (κ2) is 6.05. The molecule has 1 atom stereocenters. The fourth-order valence-electron chi connectivity index (χ4n) is 1.83. The van der Waals surface area contributed by atoms with Gasteiger partial charge in [-0.25, -0.2) is 4.39 Å². The van der Waals surface area contributed by atoms with E-state index in [4.69, 9.17) is 11.6 Å². The summed E-state index contributed by atoms with van der Waals surface area (Å²) in [5.74, 6) is -0.819. The Bertz CT molecular complexity index is 627. The van der Waals surface area contributed by atoms with E-state index >= 15 is 0 Å². The number of rotatable bonds is 4. The zero-order valence-electron chi connectivity index (χ0n) is 11.2. The summed E-state index contributed by atoms with van der Waals surface area (Å²) in [6, 6.07) is 5.91. The summed E-state index contributed by atoms with van der Waals surface area (Å²) < 4.78 is 15.3. The van der Waals surface area contributed by atoms with Crippen molar-refractivity contribution in [2.75, 3.05) is 5.32 Å². The van der Waals surface area contributed by atoms with Crippen molar-refractivity contribution in [1.29, 1.82) is 0 Å². The minimum atomic E-state index is -0.548. The third-order valence-electron chi connectivity index (χ3n) is 2.88. The van der Waals surface area contributed by atoms with Gasteiger partial charge in [0.1, 0.15) is 5.82 Å². The van der Waals surface area contributed by atoms with Crippen molar-refractivity contribution in [3.8, 4) is 0 Å². The zero-order chi connectivity index (χ0) is 14.7. The summed E-state index contributed by atoms with van der Waals surface area (Å²) in [5.41, 5.74) is 1.02. The van der Waals surface area contributed by atoms with Crippen LogP contribution in [0.4, 0.5) is 10.1 Å². The molecule has 2 rings (SSSR count). The predicted octanol–water partition coefficient (Wildman–Crippen LogP) is 3.57. The third kappa shape index (κ3) is 3.57. The second-order valence-corrected chi connectivity index (χ2v) is 5.10. The van der Waals surface area contributed by atoms with Crippen molar-refractivity contribution >= 4 is 23.2 Å². The molecule has 1 N–H and O–H groups in total. The molecule has 0 fully saturated rings.